The molecule has 2 rings (SSSR count). The highest BCUT2D eigenvalue weighted by molar-refractivity contribution is 7.94. The van der Waals surface area contributed by atoms with Crippen molar-refractivity contribution in [2.75, 3.05) is 4.72 Å². The van der Waals surface area contributed by atoms with E-state index in [4.69, 9.17) is 16.7 Å². The van der Waals surface area contributed by atoms with E-state index in [1.54, 1.807) is 0 Å². The van der Waals surface area contributed by atoms with E-state index >= 15 is 0 Å². The molecule has 0 aliphatic carbocycles. The molecule has 0 atom stereocenters. The third-order valence-electron chi connectivity index (χ3n) is 1.92. The van der Waals surface area contributed by atoms with Crippen LogP contribution in [0, 0.1) is 0 Å². The maximum atomic E-state index is 11.9. The molecule has 5 nitrogen and oxygen atoms in total. The molecule has 0 amide bonds. The summed E-state index contributed by atoms with van der Waals surface area (Å²) in [5.41, 5.74) is 0.0528. The first kappa shape index (κ1) is 13.3. The lowest BCUT2D eigenvalue weighted by molar-refractivity contribution is 0.0703. The molecule has 18 heavy (non-hydrogen) atoms. The van der Waals surface area contributed by atoms with E-state index in [2.05, 4.69) is 4.72 Å². The average Bonchev–Trinajstić information content (AvgIpc) is 2.86. The second-order valence-corrected chi connectivity index (χ2v) is 7.67. The largest absolute Gasteiger partial charge is 0.477 e. The minimum absolute atomic E-state index is 0.0371. The summed E-state index contributed by atoms with van der Waals surface area (Å²) < 4.78 is 26.5. The van der Waals surface area contributed by atoms with Gasteiger partial charge in [-0.25, -0.2) is 13.2 Å². The van der Waals surface area contributed by atoms with Gasteiger partial charge in [0.25, 0.3) is 10.0 Å². The van der Waals surface area contributed by atoms with Gasteiger partial charge >= 0.3 is 5.97 Å². The van der Waals surface area contributed by atoms with Crippen molar-refractivity contribution in [2.24, 2.45) is 0 Å². The highest BCUT2D eigenvalue weighted by atomic mass is 35.5. The number of carboxylic acid groups (broad SMARTS) is 1. The third-order valence-corrected chi connectivity index (χ3v) is 5.91. The lowest BCUT2D eigenvalue weighted by Crippen LogP contribution is -2.13. The monoisotopic (exact) mass is 323 g/mol. The van der Waals surface area contributed by atoms with Crippen molar-refractivity contribution >= 4 is 56.0 Å². The van der Waals surface area contributed by atoms with Gasteiger partial charge in [0.05, 0.1) is 10.0 Å². The van der Waals surface area contributed by atoms with Crippen LogP contribution in [0.15, 0.2) is 27.8 Å². The Morgan fingerprint density at radius 1 is 1.33 bits per heavy atom. The van der Waals surface area contributed by atoms with Gasteiger partial charge in [-0.2, -0.15) is 0 Å². The summed E-state index contributed by atoms with van der Waals surface area (Å²) in [4.78, 5) is 10.8. The average molecular weight is 324 g/mol. The zero-order valence-electron chi connectivity index (χ0n) is 8.58. The molecule has 2 aromatic heterocycles. The van der Waals surface area contributed by atoms with Gasteiger partial charge in [0.1, 0.15) is 9.09 Å². The predicted molar refractivity (Wildman–Crippen MR) is 71.4 cm³/mol. The van der Waals surface area contributed by atoms with Gasteiger partial charge in [-0.1, -0.05) is 11.6 Å². The van der Waals surface area contributed by atoms with Crippen LogP contribution in [0.5, 0.6) is 0 Å². The molecule has 0 saturated carbocycles. The van der Waals surface area contributed by atoms with Crippen LogP contribution in [-0.2, 0) is 10.0 Å². The Hall–Kier alpha value is -1.09. The van der Waals surface area contributed by atoms with E-state index in [1.165, 1.54) is 23.6 Å². The van der Waals surface area contributed by atoms with Gasteiger partial charge in [0.2, 0.25) is 0 Å². The molecule has 0 spiro atoms. The fourth-order valence-electron chi connectivity index (χ4n) is 1.19. The van der Waals surface area contributed by atoms with E-state index in [-0.39, 0.29) is 14.8 Å². The molecule has 2 heterocycles. The van der Waals surface area contributed by atoms with Gasteiger partial charge in [-0.3, -0.25) is 4.72 Å². The van der Waals surface area contributed by atoms with Crippen molar-refractivity contribution in [1.82, 2.24) is 0 Å². The number of hydrogen-bond acceptors (Lipinski definition) is 5. The van der Waals surface area contributed by atoms with Crippen LogP contribution in [0.3, 0.4) is 0 Å². The van der Waals surface area contributed by atoms with Crippen LogP contribution in [0.4, 0.5) is 5.69 Å². The maximum absolute atomic E-state index is 11.9. The van der Waals surface area contributed by atoms with Gasteiger partial charge in [0, 0.05) is 0 Å². The van der Waals surface area contributed by atoms with E-state index in [0.717, 1.165) is 22.7 Å². The highest BCUT2D eigenvalue weighted by Crippen LogP contribution is 2.29. The Kier molecular flexibility index (Phi) is 3.62. The quantitative estimate of drug-likeness (QED) is 0.906. The van der Waals surface area contributed by atoms with Crippen molar-refractivity contribution in [3.63, 3.8) is 0 Å². The molecule has 0 aromatic carbocycles. The number of thiophene rings is 2. The number of halogens is 1. The molecule has 0 aliphatic rings. The molecule has 2 N–H and O–H groups in total. The van der Waals surface area contributed by atoms with Crippen molar-refractivity contribution in [2.45, 2.75) is 4.21 Å². The highest BCUT2D eigenvalue weighted by Gasteiger charge is 2.20. The standard InChI is InChI=1S/C9H6ClNO4S3/c10-6-1-2-7(17-6)18(14,15)11-5-3-4-16-8(5)9(12)13/h1-4,11H,(H,12,13). The van der Waals surface area contributed by atoms with Crippen LogP contribution in [-0.4, -0.2) is 19.5 Å². The fraction of sp³-hybridized carbons (Fsp3) is 0. The first-order valence-corrected chi connectivity index (χ1v) is 8.05. The second-order valence-electron chi connectivity index (χ2n) is 3.13. The second kappa shape index (κ2) is 4.88. The summed E-state index contributed by atoms with van der Waals surface area (Å²) in [7, 11) is -3.79. The molecular weight excluding hydrogens is 318 g/mol. The number of anilines is 1. The van der Waals surface area contributed by atoms with Crippen molar-refractivity contribution in [1.29, 1.82) is 0 Å². The lowest BCUT2D eigenvalue weighted by Gasteiger charge is -2.04. The fourth-order valence-corrected chi connectivity index (χ4v) is 4.50. The molecule has 0 fully saturated rings. The number of carbonyl (C=O) groups is 1. The summed E-state index contributed by atoms with van der Waals surface area (Å²) in [5.74, 6) is -1.17. The minimum Gasteiger partial charge on any atom is -0.477 e. The van der Waals surface area contributed by atoms with Crippen molar-refractivity contribution < 1.29 is 18.3 Å². The van der Waals surface area contributed by atoms with Gasteiger partial charge < -0.3 is 5.11 Å². The van der Waals surface area contributed by atoms with E-state index in [1.807, 2.05) is 0 Å². The first-order valence-electron chi connectivity index (χ1n) is 4.49. The van der Waals surface area contributed by atoms with Crippen molar-refractivity contribution in [3.8, 4) is 0 Å². The molecule has 0 saturated heterocycles. The summed E-state index contributed by atoms with van der Waals surface area (Å²) in [5, 5.41) is 10.4. The maximum Gasteiger partial charge on any atom is 0.348 e. The zero-order valence-corrected chi connectivity index (χ0v) is 11.8. The zero-order chi connectivity index (χ0) is 13.3. The van der Waals surface area contributed by atoms with Gasteiger partial charge in [-0.05, 0) is 23.6 Å². The molecule has 9 heteroatoms. The number of nitrogens with one attached hydrogen (secondary N) is 1. The molecule has 0 bridgehead atoms. The van der Waals surface area contributed by atoms with Crippen LogP contribution < -0.4 is 4.72 Å². The Labute approximate surface area is 116 Å². The molecular formula is C9H6ClNO4S3. The van der Waals surface area contributed by atoms with Gasteiger partial charge in [0.15, 0.2) is 0 Å². The summed E-state index contributed by atoms with van der Waals surface area (Å²) in [6.07, 6.45) is 0. The Morgan fingerprint density at radius 2 is 2.06 bits per heavy atom. The van der Waals surface area contributed by atoms with Crippen LogP contribution >= 0.6 is 34.3 Å². The van der Waals surface area contributed by atoms with Crippen molar-refractivity contribution in [3.05, 3.63) is 32.8 Å². The topological polar surface area (TPSA) is 83.5 Å². The SMILES string of the molecule is O=C(O)c1sccc1NS(=O)(=O)c1ccc(Cl)s1. The summed E-state index contributed by atoms with van der Waals surface area (Å²) >= 11 is 7.52. The number of carboxylic acids is 1. The molecule has 0 unspecified atom stereocenters. The molecule has 0 radical (unpaired) electrons. The minimum atomic E-state index is -3.79. The number of hydrogen-bond donors (Lipinski definition) is 2. The summed E-state index contributed by atoms with van der Waals surface area (Å²) in [6.45, 7) is 0. The number of rotatable bonds is 4. The summed E-state index contributed by atoms with van der Waals surface area (Å²) in [6, 6.07) is 4.23. The Balaban J connectivity index is 2.34. The molecule has 2 aromatic rings. The predicted octanol–water partition coefficient (Wildman–Crippen LogP) is 2.96. The van der Waals surface area contributed by atoms with E-state index in [9.17, 15) is 13.2 Å². The first-order chi connectivity index (χ1) is 8.40. The van der Waals surface area contributed by atoms with Crippen LogP contribution in [0.25, 0.3) is 0 Å². The van der Waals surface area contributed by atoms with E-state index in [0.29, 0.717) is 4.34 Å². The number of aromatic carboxylic acids is 1. The normalized spacial score (nSPS) is 11.4. The van der Waals surface area contributed by atoms with Crippen LogP contribution in [0.1, 0.15) is 9.67 Å². The Morgan fingerprint density at radius 3 is 2.61 bits per heavy atom. The molecule has 0 aliphatic heterocycles. The smallest absolute Gasteiger partial charge is 0.348 e. The third kappa shape index (κ3) is 2.66. The number of sulfonamides is 1. The van der Waals surface area contributed by atoms with Gasteiger partial charge in [-0.15, -0.1) is 22.7 Å². The Bertz CT molecular complexity index is 688. The molecule has 96 valence electrons. The van der Waals surface area contributed by atoms with Crippen LogP contribution in [0.2, 0.25) is 4.34 Å². The lowest BCUT2D eigenvalue weighted by atomic mass is 10.4. The van der Waals surface area contributed by atoms with E-state index < -0.39 is 16.0 Å².